The van der Waals surface area contributed by atoms with Crippen molar-refractivity contribution >= 4 is 36.2 Å². The summed E-state index contributed by atoms with van der Waals surface area (Å²) in [6, 6.07) is 0. The summed E-state index contributed by atoms with van der Waals surface area (Å²) in [5, 5.41) is 35.7. The normalized spacial score (nSPS) is 20.2. The van der Waals surface area contributed by atoms with Gasteiger partial charge in [-0.3, -0.25) is 4.98 Å². The Morgan fingerprint density at radius 1 is 0.958 bits per heavy atom. The molecule has 1 aromatic heterocycles. The molecule has 0 amide bonds. The Labute approximate surface area is 139 Å². The van der Waals surface area contributed by atoms with Gasteiger partial charge in [0.25, 0.3) is 0 Å². The summed E-state index contributed by atoms with van der Waals surface area (Å²) in [5.41, 5.74) is 0. The molecule has 5 N–H and O–H groups in total. The number of hydrogen-bond acceptors (Lipinski definition) is 10. The summed E-state index contributed by atoms with van der Waals surface area (Å²) in [4.78, 5) is 3.00. The predicted octanol–water partition coefficient (Wildman–Crippen LogP) is -3.44. The third-order valence-electron chi connectivity index (χ3n) is 2.97. The summed E-state index contributed by atoms with van der Waals surface area (Å²) in [6.45, 7) is 0.130. The Morgan fingerprint density at radius 2 is 1.46 bits per heavy atom. The van der Waals surface area contributed by atoms with E-state index in [-0.39, 0.29) is 0 Å². The number of imidazole rings is 1. The van der Waals surface area contributed by atoms with Crippen LogP contribution in [0.2, 0.25) is 0 Å². The lowest BCUT2D eigenvalue weighted by Crippen LogP contribution is -2.69. The van der Waals surface area contributed by atoms with Crippen LogP contribution in [0.4, 0.5) is 0 Å². The van der Waals surface area contributed by atoms with Gasteiger partial charge in [0.05, 0.1) is 6.54 Å². The summed E-state index contributed by atoms with van der Waals surface area (Å²) >= 11 is 0. The number of aromatic amines is 1. The van der Waals surface area contributed by atoms with Crippen LogP contribution in [0.25, 0.3) is 0 Å². The van der Waals surface area contributed by atoms with E-state index in [1.54, 1.807) is 0 Å². The highest BCUT2D eigenvalue weighted by atomic mass is 17.0. The van der Waals surface area contributed by atoms with Gasteiger partial charge in [0, 0.05) is 0 Å². The zero-order valence-corrected chi connectivity index (χ0v) is 12.9. The third-order valence-corrected chi connectivity index (χ3v) is 2.97. The minimum Gasteiger partial charge on any atom is -0.539 e. The van der Waals surface area contributed by atoms with Crippen molar-refractivity contribution in [2.45, 2.75) is 26.3 Å². The molecular formula is C7H17B5N2O10. The van der Waals surface area contributed by atoms with Crippen molar-refractivity contribution in [1.29, 1.82) is 0 Å². The maximum atomic E-state index is 8.94. The molecule has 0 aliphatic carbocycles. The van der Waals surface area contributed by atoms with Crippen LogP contribution in [-0.4, -0.2) is 61.3 Å². The van der Waals surface area contributed by atoms with Gasteiger partial charge < -0.3 is 47.5 Å². The molecule has 17 heteroatoms. The van der Waals surface area contributed by atoms with Crippen molar-refractivity contribution in [3.63, 3.8) is 0 Å². The lowest BCUT2D eigenvalue weighted by molar-refractivity contribution is -0.696. The Balaban J connectivity index is 0.000000198. The fraction of sp³-hybridized carbons (Fsp3) is 0.571. The first kappa shape index (κ1) is 19.5. The van der Waals surface area contributed by atoms with E-state index in [2.05, 4.69) is 50.1 Å². The van der Waals surface area contributed by atoms with Crippen molar-refractivity contribution in [2.75, 3.05) is 0 Å². The average Bonchev–Trinajstić information content (AvgIpc) is 2.95. The minimum absolute atomic E-state index is 1.14. The standard InChI is InChI=1S/C7H12N2.B5H4O10/c1-2-3-5-9-6-4-8-7-9;6-1-10-2(7)13-5(12-1)14-3(8)11-4(9)15-5/h4,6-7H,2-3,5H2,1H3;6-9H/q;-1/p+1. The van der Waals surface area contributed by atoms with Crippen LogP contribution in [0.5, 0.6) is 0 Å². The van der Waals surface area contributed by atoms with Crippen molar-refractivity contribution in [3.8, 4) is 0 Å². The Bertz CT molecular complexity index is 437. The van der Waals surface area contributed by atoms with Crippen LogP contribution in [0.15, 0.2) is 18.7 Å². The molecule has 130 valence electrons. The van der Waals surface area contributed by atoms with Gasteiger partial charge in [-0.25, -0.2) is 4.57 Å². The maximum Gasteiger partial charge on any atom is 0.582 e. The summed E-state index contributed by atoms with van der Waals surface area (Å²) in [5.74, 6) is 0. The highest BCUT2D eigenvalue weighted by molar-refractivity contribution is 6.81. The molecule has 2 aliphatic heterocycles. The number of H-pyrrole nitrogens is 1. The smallest absolute Gasteiger partial charge is 0.539 e. The molecule has 3 heterocycles. The Kier molecular flexibility index (Phi) is 7.30. The van der Waals surface area contributed by atoms with E-state index in [1.807, 2.05) is 12.5 Å². The van der Waals surface area contributed by atoms with Crippen molar-refractivity contribution in [1.82, 2.24) is 4.98 Å². The van der Waals surface area contributed by atoms with Gasteiger partial charge in [-0.15, -0.1) is 0 Å². The molecule has 0 bridgehead atoms. The number of aromatic nitrogens is 2. The maximum absolute atomic E-state index is 8.94. The minimum atomic E-state index is -3.21. The average molecular weight is 343 g/mol. The molecule has 0 atom stereocenters. The molecular weight excluding hydrogens is 326 g/mol. The predicted molar refractivity (Wildman–Crippen MR) is 80.1 cm³/mol. The lowest BCUT2D eigenvalue weighted by atomic mass is 9.84. The molecule has 1 spiro atoms. The first-order valence-electron chi connectivity index (χ1n) is 7.31. The van der Waals surface area contributed by atoms with E-state index < -0.39 is 36.2 Å². The van der Waals surface area contributed by atoms with E-state index >= 15 is 0 Å². The topological polar surface area (TPSA) is 156 Å². The zero-order valence-electron chi connectivity index (χ0n) is 12.9. The number of nitrogens with zero attached hydrogens (tertiary/aromatic N) is 1. The van der Waals surface area contributed by atoms with Crippen LogP contribution in [0.3, 0.4) is 0 Å². The van der Waals surface area contributed by atoms with E-state index in [0.717, 1.165) is 6.54 Å². The molecule has 0 unspecified atom stereocenters. The SMILES string of the molecule is CCCC[n+]1cc[nH]c1.OB1OB(O)O[B-]2(O1)OB(O)OB(O)O2. The Hall–Kier alpha value is -0.865. The fourth-order valence-corrected chi connectivity index (χ4v) is 1.89. The van der Waals surface area contributed by atoms with Crippen molar-refractivity contribution in [2.24, 2.45) is 0 Å². The van der Waals surface area contributed by atoms with E-state index in [4.69, 9.17) is 20.1 Å². The highest BCUT2D eigenvalue weighted by Gasteiger charge is 2.53. The van der Waals surface area contributed by atoms with Gasteiger partial charge in [-0.1, -0.05) is 13.3 Å². The Morgan fingerprint density at radius 3 is 1.83 bits per heavy atom. The second kappa shape index (κ2) is 9.01. The molecule has 0 saturated carbocycles. The van der Waals surface area contributed by atoms with Gasteiger partial charge in [0.15, 0.2) is 0 Å². The second-order valence-electron chi connectivity index (χ2n) is 4.82. The first-order chi connectivity index (χ1) is 11.4. The summed E-state index contributed by atoms with van der Waals surface area (Å²) < 4.78 is 28.5. The van der Waals surface area contributed by atoms with Gasteiger partial charge in [0.2, 0.25) is 6.33 Å². The van der Waals surface area contributed by atoms with Crippen molar-refractivity contribution in [3.05, 3.63) is 18.7 Å². The molecule has 0 radical (unpaired) electrons. The summed E-state index contributed by atoms with van der Waals surface area (Å²) in [6.07, 6.45) is 8.50. The van der Waals surface area contributed by atoms with Crippen molar-refractivity contribution < 1.29 is 52.1 Å². The van der Waals surface area contributed by atoms with Crippen LogP contribution in [-0.2, 0) is 34.0 Å². The van der Waals surface area contributed by atoms with Crippen LogP contribution < -0.4 is 4.57 Å². The number of hydrogen-bond donors (Lipinski definition) is 5. The van der Waals surface area contributed by atoms with Gasteiger partial charge in [-0.2, -0.15) is 0 Å². The molecule has 1 aromatic rings. The highest BCUT2D eigenvalue weighted by Crippen LogP contribution is 2.23. The van der Waals surface area contributed by atoms with Gasteiger partial charge in [0.1, 0.15) is 12.4 Å². The monoisotopic (exact) mass is 344 g/mol. The lowest BCUT2D eigenvalue weighted by Gasteiger charge is -2.49. The number of nitrogens with one attached hydrogen (secondary N) is 1. The third kappa shape index (κ3) is 5.89. The molecule has 24 heavy (non-hydrogen) atoms. The van der Waals surface area contributed by atoms with E-state index in [9.17, 15) is 0 Å². The largest absolute Gasteiger partial charge is 0.582 e. The molecule has 0 aromatic carbocycles. The number of aryl methyl sites for hydroxylation is 1. The van der Waals surface area contributed by atoms with Gasteiger partial charge >= 0.3 is 36.2 Å². The van der Waals surface area contributed by atoms with Crippen LogP contribution in [0.1, 0.15) is 19.8 Å². The quantitative estimate of drug-likeness (QED) is 0.276. The molecule has 3 rings (SSSR count). The zero-order chi connectivity index (χ0) is 17.6. The van der Waals surface area contributed by atoms with Crippen LogP contribution in [0, 0.1) is 0 Å². The number of unbranched alkanes of at least 4 members (excludes halogenated alkanes) is 1. The summed E-state index contributed by atoms with van der Waals surface area (Å²) in [7, 11) is -7.59. The molecule has 2 aliphatic rings. The molecule has 12 nitrogen and oxygen atoms in total. The molecule has 2 fully saturated rings. The fourth-order valence-electron chi connectivity index (χ4n) is 1.89. The number of rotatable bonds is 3. The van der Waals surface area contributed by atoms with Crippen LogP contribution >= 0.6 is 0 Å². The first-order valence-corrected chi connectivity index (χ1v) is 7.31. The van der Waals surface area contributed by atoms with E-state index in [0.29, 0.717) is 0 Å². The second-order valence-corrected chi connectivity index (χ2v) is 4.82. The van der Waals surface area contributed by atoms with E-state index in [1.165, 1.54) is 12.8 Å². The molecule has 2 saturated heterocycles. The van der Waals surface area contributed by atoms with Gasteiger partial charge in [-0.05, 0) is 6.42 Å².